The summed E-state index contributed by atoms with van der Waals surface area (Å²) in [6, 6.07) is 31.0. The molecule has 250 valence electrons. The van der Waals surface area contributed by atoms with E-state index in [-0.39, 0.29) is 44.0 Å². The first-order chi connectivity index (χ1) is 23.0. The molecule has 4 aromatic rings. The zero-order valence-corrected chi connectivity index (χ0v) is 28.5. The lowest BCUT2D eigenvalue weighted by molar-refractivity contribution is -0.140. The van der Waals surface area contributed by atoms with E-state index in [1.54, 1.807) is 6.92 Å². The van der Waals surface area contributed by atoms with Crippen LogP contribution < -0.4 is 9.47 Å². The highest BCUT2D eigenvalue weighted by Gasteiger charge is 2.20. The monoisotopic (exact) mass is 648 g/mol. The second-order valence-corrected chi connectivity index (χ2v) is 12.4. The lowest BCUT2D eigenvalue weighted by Gasteiger charge is -2.24. The Hall–Kier alpha value is -5.14. The number of benzene rings is 4. The molecule has 0 radical (unpaired) electrons. The lowest BCUT2D eigenvalue weighted by atomic mass is 9.80. The molecule has 0 bridgehead atoms. The number of carbonyl (C=O) groups is 2. The first kappa shape index (κ1) is 35.7. The molecule has 0 aliphatic rings. The van der Waals surface area contributed by atoms with Crippen LogP contribution in [-0.4, -0.2) is 52.1 Å². The van der Waals surface area contributed by atoms with Crippen molar-refractivity contribution in [2.45, 2.75) is 33.1 Å². The first-order valence-corrected chi connectivity index (χ1v) is 15.8. The largest absolute Gasteiger partial charge is 0.490 e. The zero-order valence-electron chi connectivity index (χ0n) is 28.5. The lowest BCUT2D eigenvalue weighted by Crippen LogP contribution is -2.15. The summed E-state index contributed by atoms with van der Waals surface area (Å²) >= 11 is 0. The molecule has 0 aliphatic carbocycles. The SMILES string of the molecule is C=C(C)C(=O)OCCOc1ccc(-c2ccc(-c3ccc(-c4ccc(OCCOC(=O)C(=C)COC)cc4)cc3)c(C(C)(C)C)c2)cc1. The first-order valence-electron chi connectivity index (χ1n) is 15.8. The third-order valence-corrected chi connectivity index (χ3v) is 7.52. The summed E-state index contributed by atoms with van der Waals surface area (Å²) in [5.41, 5.74) is 8.53. The minimum Gasteiger partial charge on any atom is -0.490 e. The summed E-state index contributed by atoms with van der Waals surface area (Å²) in [4.78, 5) is 23.3. The maximum Gasteiger partial charge on any atom is 0.335 e. The second-order valence-electron chi connectivity index (χ2n) is 12.4. The molecule has 0 heterocycles. The molecule has 7 nitrogen and oxygen atoms in total. The van der Waals surface area contributed by atoms with Gasteiger partial charge >= 0.3 is 11.9 Å². The van der Waals surface area contributed by atoms with Crippen LogP contribution in [-0.2, 0) is 29.2 Å². The van der Waals surface area contributed by atoms with Gasteiger partial charge in [-0.1, -0.05) is 101 Å². The van der Waals surface area contributed by atoms with Gasteiger partial charge < -0.3 is 23.7 Å². The summed E-state index contributed by atoms with van der Waals surface area (Å²) in [6.07, 6.45) is 0. The van der Waals surface area contributed by atoms with Crippen LogP contribution in [0.2, 0.25) is 0 Å². The summed E-state index contributed by atoms with van der Waals surface area (Å²) < 4.78 is 26.6. The topological polar surface area (TPSA) is 80.3 Å². The maximum absolute atomic E-state index is 11.8. The van der Waals surface area contributed by atoms with Crippen molar-refractivity contribution < 1.29 is 33.3 Å². The van der Waals surface area contributed by atoms with E-state index in [4.69, 9.17) is 23.7 Å². The van der Waals surface area contributed by atoms with Crippen LogP contribution in [0, 0.1) is 0 Å². The van der Waals surface area contributed by atoms with E-state index in [9.17, 15) is 9.59 Å². The van der Waals surface area contributed by atoms with Crippen molar-refractivity contribution in [2.24, 2.45) is 0 Å². The Balaban J connectivity index is 1.39. The van der Waals surface area contributed by atoms with Gasteiger partial charge in [0.25, 0.3) is 0 Å². The van der Waals surface area contributed by atoms with Gasteiger partial charge in [0, 0.05) is 12.7 Å². The number of hydrogen-bond donors (Lipinski definition) is 0. The number of hydrogen-bond acceptors (Lipinski definition) is 7. The zero-order chi connectivity index (χ0) is 34.7. The van der Waals surface area contributed by atoms with E-state index in [1.807, 2.05) is 48.5 Å². The minimum absolute atomic E-state index is 0.0830. The molecule has 0 saturated heterocycles. The average Bonchev–Trinajstić information content (AvgIpc) is 3.08. The molecule has 0 saturated carbocycles. The Morgan fingerprint density at radius 2 is 1.04 bits per heavy atom. The van der Waals surface area contributed by atoms with Crippen LogP contribution in [0.3, 0.4) is 0 Å². The standard InChI is InChI=1S/C41H44O7/c1-28(2)39(42)47-24-22-45-36-19-14-32(15-20-36)34-16-21-37(38(26-34)41(4,5)6)33-10-8-30(9-11-33)31-12-17-35(18-13-31)46-23-25-48-40(43)29(3)27-44-7/h8-21,26H,1,3,22-25,27H2,2,4-7H3. The van der Waals surface area contributed by atoms with Crippen LogP contribution in [0.5, 0.6) is 11.5 Å². The second kappa shape index (κ2) is 16.6. The quantitative estimate of drug-likeness (QED) is 0.0726. The van der Waals surface area contributed by atoms with Gasteiger partial charge in [0.05, 0.1) is 12.2 Å². The predicted molar refractivity (Wildman–Crippen MR) is 190 cm³/mol. The van der Waals surface area contributed by atoms with Crippen molar-refractivity contribution in [3.05, 3.63) is 121 Å². The van der Waals surface area contributed by atoms with E-state index in [0.717, 1.165) is 27.8 Å². The molecule has 0 fully saturated rings. The van der Waals surface area contributed by atoms with Gasteiger partial charge in [-0.25, -0.2) is 9.59 Å². The molecule has 4 aromatic carbocycles. The minimum atomic E-state index is -0.486. The Bertz CT molecular complexity index is 1710. The average molecular weight is 649 g/mol. The van der Waals surface area contributed by atoms with Crippen LogP contribution in [0.1, 0.15) is 33.3 Å². The number of methoxy groups -OCH3 is 1. The third kappa shape index (κ3) is 9.93. The molecule has 4 rings (SSSR count). The van der Waals surface area contributed by atoms with Gasteiger partial charge in [0.2, 0.25) is 0 Å². The fraction of sp³-hybridized carbons (Fsp3) is 0.268. The van der Waals surface area contributed by atoms with Crippen LogP contribution >= 0.6 is 0 Å². The Morgan fingerprint density at radius 1 is 0.604 bits per heavy atom. The van der Waals surface area contributed by atoms with Crippen LogP contribution in [0.25, 0.3) is 33.4 Å². The molecule has 7 heteroatoms. The Labute approximate surface area is 283 Å². The van der Waals surface area contributed by atoms with Crippen LogP contribution in [0.15, 0.2) is 115 Å². The van der Waals surface area contributed by atoms with Gasteiger partial charge in [-0.3, -0.25) is 0 Å². The number of carbonyl (C=O) groups excluding carboxylic acids is 2. The fourth-order valence-corrected chi connectivity index (χ4v) is 4.97. The molecule has 0 amide bonds. The number of ether oxygens (including phenoxy) is 5. The molecule has 0 N–H and O–H groups in total. The van der Waals surface area contributed by atoms with Gasteiger partial charge in [-0.15, -0.1) is 0 Å². The number of esters is 2. The highest BCUT2D eigenvalue weighted by atomic mass is 16.6. The normalized spacial score (nSPS) is 11.0. The smallest absolute Gasteiger partial charge is 0.335 e. The van der Waals surface area contributed by atoms with E-state index >= 15 is 0 Å². The molecular weight excluding hydrogens is 604 g/mol. The molecule has 0 aliphatic heterocycles. The van der Waals surface area contributed by atoms with E-state index in [2.05, 4.69) is 76.4 Å². The van der Waals surface area contributed by atoms with Gasteiger partial charge in [-0.2, -0.15) is 0 Å². The molecule has 0 aromatic heterocycles. The summed E-state index contributed by atoms with van der Waals surface area (Å²) in [5, 5.41) is 0. The van der Waals surface area contributed by atoms with Gasteiger partial charge in [0.15, 0.2) is 0 Å². The highest BCUT2D eigenvalue weighted by Crippen LogP contribution is 2.37. The summed E-state index contributed by atoms with van der Waals surface area (Å²) in [5.74, 6) is 0.505. The third-order valence-electron chi connectivity index (χ3n) is 7.52. The molecule has 48 heavy (non-hydrogen) atoms. The van der Waals surface area contributed by atoms with Crippen molar-refractivity contribution in [1.29, 1.82) is 0 Å². The van der Waals surface area contributed by atoms with Crippen LogP contribution in [0.4, 0.5) is 0 Å². The predicted octanol–water partition coefficient (Wildman–Crippen LogP) is 8.61. The maximum atomic E-state index is 11.8. The highest BCUT2D eigenvalue weighted by molar-refractivity contribution is 5.88. The molecule has 0 spiro atoms. The molecular formula is C41H44O7. The fourth-order valence-electron chi connectivity index (χ4n) is 4.97. The number of rotatable bonds is 15. The molecule has 0 atom stereocenters. The van der Waals surface area contributed by atoms with E-state index in [0.29, 0.717) is 17.1 Å². The van der Waals surface area contributed by atoms with Crippen molar-refractivity contribution in [3.63, 3.8) is 0 Å². The van der Waals surface area contributed by atoms with Crippen molar-refractivity contribution >= 4 is 11.9 Å². The van der Waals surface area contributed by atoms with Gasteiger partial charge in [0.1, 0.15) is 37.9 Å². The molecule has 0 unspecified atom stereocenters. The Kier molecular flexibility index (Phi) is 12.4. The Morgan fingerprint density at radius 3 is 1.52 bits per heavy atom. The van der Waals surface area contributed by atoms with E-state index in [1.165, 1.54) is 18.2 Å². The van der Waals surface area contributed by atoms with Gasteiger partial charge in [-0.05, 0) is 75.5 Å². The van der Waals surface area contributed by atoms with Crippen molar-refractivity contribution in [1.82, 2.24) is 0 Å². The van der Waals surface area contributed by atoms with E-state index < -0.39 is 11.9 Å². The van der Waals surface area contributed by atoms with Crippen molar-refractivity contribution in [3.8, 4) is 44.9 Å². The summed E-state index contributed by atoms with van der Waals surface area (Å²) in [7, 11) is 1.50. The van der Waals surface area contributed by atoms with Crippen molar-refractivity contribution in [2.75, 3.05) is 40.1 Å². The summed E-state index contributed by atoms with van der Waals surface area (Å²) in [6.45, 7) is 16.5.